The maximum atomic E-state index is 12.1. The number of ether oxygens (including phenoxy) is 1. The maximum Gasteiger partial charge on any atom is 0.330 e. The predicted octanol–water partition coefficient (Wildman–Crippen LogP) is 0.256. The fourth-order valence-corrected chi connectivity index (χ4v) is 2.81. The van der Waals surface area contributed by atoms with Crippen molar-refractivity contribution in [3.05, 3.63) is 72.5 Å². The van der Waals surface area contributed by atoms with Crippen LogP contribution < -0.4 is 11.2 Å². The van der Waals surface area contributed by atoms with Gasteiger partial charge in [0.05, 0.1) is 23.2 Å². The van der Waals surface area contributed by atoms with Crippen molar-refractivity contribution in [2.45, 2.75) is 24.9 Å². The van der Waals surface area contributed by atoms with E-state index < -0.39 is 41.2 Å². The van der Waals surface area contributed by atoms with Crippen molar-refractivity contribution in [3.8, 4) is 0 Å². The fraction of sp³-hybridized carbons (Fsp3) is 0.294. The average molecular weight is 375 g/mol. The molecule has 0 bridgehead atoms. The maximum absolute atomic E-state index is 12.1. The summed E-state index contributed by atoms with van der Waals surface area (Å²) < 4.78 is 6.56. The van der Waals surface area contributed by atoms with Crippen LogP contribution in [0.4, 0.5) is 5.69 Å². The summed E-state index contributed by atoms with van der Waals surface area (Å²) in [5.74, 6) is 0. The number of hydrogen-bond donors (Lipinski definition) is 3. The van der Waals surface area contributed by atoms with Crippen LogP contribution in [0, 0.1) is 10.1 Å². The molecule has 3 atom stereocenters. The average Bonchev–Trinajstić information content (AvgIpc) is 3.01. The number of nitrogens with one attached hydrogen (secondary N) is 1. The van der Waals surface area contributed by atoms with E-state index in [2.05, 4.69) is 4.98 Å². The van der Waals surface area contributed by atoms with Crippen molar-refractivity contribution in [1.82, 2.24) is 9.55 Å². The summed E-state index contributed by atoms with van der Waals surface area (Å²) >= 11 is 0. The second kappa shape index (κ2) is 7.66. The SMILES string of the molecule is O=c1[nH]c(=O)n([C@H]2C[C@H](O)[C@@H](CO)O2)cc1/C=C/c1cccc([N+](=O)[O-])c1. The summed E-state index contributed by atoms with van der Waals surface area (Å²) in [5, 5.41) is 29.8. The number of aromatic nitrogens is 2. The van der Waals surface area contributed by atoms with Crippen molar-refractivity contribution in [2.75, 3.05) is 6.61 Å². The van der Waals surface area contributed by atoms with E-state index in [4.69, 9.17) is 9.84 Å². The van der Waals surface area contributed by atoms with Gasteiger partial charge in [0.1, 0.15) is 12.3 Å². The van der Waals surface area contributed by atoms with Gasteiger partial charge in [-0.1, -0.05) is 18.2 Å². The van der Waals surface area contributed by atoms with Gasteiger partial charge in [-0.15, -0.1) is 0 Å². The summed E-state index contributed by atoms with van der Waals surface area (Å²) in [4.78, 5) is 36.6. The molecule has 1 aromatic heterocycles. The first-order valence-electron chi connectivity index (χ1n) is 8.11. The number of rotatable bonds is 5. The number of nitro groups is 1. The summed E-state index contributed by atoms with van der Waals surface area (Å²) in [6, 6.07) is 5.86. The number of aromatic amines is 1. The number of hydrogen-bond acceptors (Lipinski definition) is 7. The van der Waals surface area contributed by atoms with Crippen LogP contribution in [0.2, 0.25) is 0 Å². The molecule has 27 heavy (non-hydrogen) atoms. The zero-order valence-corrected chi connectivity index (χ0v) is 14.0. The van der Waals surface area contributed by atoms with Crippen LogP contribution in [0.3, 0.4) is 0 Å². The molecule has 0 unspecified atom stereocenters. The molecule has 10 heteroatoms. The van der Waals surface area contributed by atoms with Gasteiger partial charge in [-0.3, -0.25) is 24.5 Å². The molecule has 1 aromatic carbocycles. The molecule has 1 aliphatic rings. The molecular weight excluding hydrogens is 358 g/mol. The lowest BCUT2D eigenvalue weighted by Gasteiger charge is -2.14. The first-order valence-corrected chi connectivity index (χ1v) is 8.11. The number of non-ortho nitro benzene ring substituents is 1. The Balaban J connectivity index is 1.91. The minimum absolute atomic E-state index is 0.0839. The van der Waals surface area contributed by atoms with Gasteiger partial charge in [-0.05, 0) is 11.6 Å². The van der Waals surface area contributed by atoms with Crippen LogP contribution in [0.15, 0.2) is 40.1 Å². The summed E-state index contributed by atoms with van der Waals surface area (Å²) in [7, 11) is 0. The Kier molecular flexibility index (Phi) is 5.31. The molecule has 10 nitrogen and oxygen atoms in total. The molecule has 0 aliphatic carbocycles. The van der Waals surface area contributed by atoms with E-state index in [0.717, 1.165) is 4.57 Å². The van der Waals surface area contributed by atoms with Crippen molar-refractivity contribution in [2.24, 2.45) is 0 Å². The third-order valence-electron chi connectivity index (χ3n) is 4.23. The lowest BCUT2D eigenvalue weighted by molar-refractivity contribution is -0.384. The van der Waals surface area contributed by atoms with E-state index in [1.54, 1.807) is 6.07 Å². The van der Waals surface area contributed by atoms with Gasteiger partial charge >= 0.3 is 5.69 Å². The van der Waals surface area contributed by atoms with E-state index in [1.807, 2.05) is 0 Å². The molecule has 1 fully saturated rings. The van der Waals surface area contributed by atoms with Crippen LogP contribution in [0.1, 0.15) is 23.8 Å². The lowest BCUT2D eigenvalue weighted by atomic mass is 10.1. The molecule has 2 aromatic rings. The quantitative estimate of drug-likeness (QED) is 0.501. The third kappa shape index (κ3) is 4.03. The number of H-pyrrole nitrogens is 1. The summed E-state index contributed by atoms with van der Waals surface area (Å²) in [6.07, 6.45) is 1.74. The lowest BCUT2D eigenvalue weighted by Crippen LogP contribution is -2.33. The van der Waals surface area contributed by atoms with E-state index in [-0.39, 0.29) is 17.7 Å². The Morgan fingerprint density at radius 3 is 2.81 bits per heavy atom. The highest BCUT2D eigenvalue weighted by atomic mass is 16.6. The van der Waals surface area contributed by atoms with Crippen molar-refractivity contribution in [1.29, 1.82) is 0 Å². The molecule has 3 N–H and O–H groups in total. The Morgan fingerprint density at radius 1 is 1.37 bits per heavy atom. The van der Waals surface area contributed by atoms with Crippen molar-refractivity contribution in [3.63, 3.8) is 0 Å². The smallest absolute Gasteiger partial charge is 0.330 e. The van der Waals surface area contributed by atoms with Crippen LogP contribution in [-0.2, 0) is 4.74 Å². The number of aliphatic hydroxyl groups excluding tert-OH is 2. The molecule has 0 amide bonds. The third-order valence-corrected chi connectivity index (χ3v) is 4.23. The van der Waals surface area contributed by atoms with Gasteiger partial charge in [0, 0.05) is 24.8 Å². The van der Waals surface area contributed by atoms with Gasteiger partial charge in [0.15, 0.2) is 0 Å². The van der Waals surface area contributed by atoms with Crippen LogP contribution in [0.5, 0.6) is 0 Å². The summed E-state index contributed by atoms with van der Waals surface area (Å²) in [6.45, 7) is -0.394. The Morgan fingerprint density at radius 2 is 2.15 bits per heavy atom. The van der Waals surface area contributed by atoms with E-state index in [1.165, 1.54) is 36.5 Å². The largest absolute Gasteiger partial charge is 0.394 e. The van der Waals surface area contributed by atoms with E-state index >= 15 is 0 Å². The Hall–Kier alpha value is -3.08. The van der Waals surface area contributed by atoms with Gasteiger partial charge in [-0.25, -0.2) is 4.79 Å². The number of nitro benzene ring substituents is 1. The first kappa shape index (κ1) is 18.7. The normalized spacial score (nSPS) is 22.4. The van der Waals surface area contributed by atoms with Crippen molar-refractivity contribution >= 4 is 17.8 Å². The second-order valence-corrected chi connectivity index (χ2v) is 6.05. The molecular formula is C17H17N3O7. The summed E-state index contributed by atoms with van der Waals surface area (Å²) in [5.41, 5.74) is -0.779. The van der Waals surface area contributed by atoms with Crippen LogP contribution >= 0.6 is 0 Å². The van der Waals surface area contributed by atoms with E-state index in [0.29, 0.717) is 5.56 Å². The first-order chi connectivity index (χ1) is 12.9. The van der Waals surface area contributed by atoms with Gasteiger partial charge < -0.3 is 14.9 Å². The highest BCUT2D eigenvalue weighted by molar-refractivity contribution is 5.69. The number of benzene rings is 1. The topological polar surface area (TPSA) is 148 Å². The minimum Gasteiger partial charge on any atom is -0.394 e. The number of nitrogens with zero attached hydrogens (tertiary/aromatic N) is 2. The van der Waals surface area contributed by atoms with Gasteiger partial charge in [-0.2, -0.15) is 0 Å². The zero-order valence-electron chi connectivity index (χ0n) is 14.0. The number of aliphatic hydroxyl groups is 2. The Labute approximate surface area is 152 Å². The molecule has 0 saturated carbocycles. The monoisotopic (exact) mass is 375 g/mol. The standard InChI is InChI=1S/C17H17N3O7/c21-9-14-13(22)7-15(27-14)19-8-11(16(23)18-17(19)24)5-4-10-2-1-3-12(6-10)20(25)26/h1-6,8,13-15,21-22H,7,9H2,(H,18,23,24)/b5-4+/t13-,14+,15+/m0/s1. The molecule has 3 rings (SSSR count). The molecule has 142 valence electrons. The van der Waals surface area contributed by atoms with Crippen LogP contribution in [0.25, 0.3) is 12.2 Å². The van der Waals surface area contributed by atoms with Gasteiger partial charge in [0.2, 0.25) is 0 Å². The zero-order chi connectivity index (χ0) is 19.6. The molecule has 1 saturated heterocycles. The molecule has 0 spiro atoms. The Bertz CT molecular complexity index is 995. The van der Waals surface area contributed by atoms with Crippen LogP contribution in [-0.4, -0.2) is 43.5 Å². The molecule has 2 heterocycles. The molecule has 1 aliphatic heterocycles. The van der Waals surface area contributed by atoms with Crippen molar-refractivity contribution < 1.29 is 19.9 Å². The predicted molar refractivity (Wildman–Crippen MR) is 95.0 cm³/mol. The molecule has 0 radical (unpaired) electrons. The highest BCUT2D eigenvalue weighted by Crippen LogP contribution is 2.27. The highest BCUT2D eigenvalue weighted by Gasteiger charge is 2.35. The van der Waals surface area contributed by atoms with E-state index in [9.17, 15) is 24.8 Å². The fourth-order valence-electron chi connectivity index (χ4n) is 2.81. The minimum atomic E-state index is -0.928. The van der Waals surface area contributed by atoms with Gasteiger partial charge in [0.25, 0.3) is 11.2 Å². The second-order valence-electron chi connectivity index (χ2n) is 6.05.